The number of halogens is 1. The summed E-state index contributed by atoms with van der Waals surface area (Å²) in [5, 5.41) is 5.76. The second kappa shape index (κ2) is 7.99. The third kappa shape index (κ3) is 5.29. The minimum atomic E-state index is -3.71. The highest BCUT2D eigenvalue weighted by molar-refractivity contribution is 7.89. The Bertz CT molecular complexity index is 834. The minimum absolute atomic E-state index is 0.0120. The normalized spacial score (nSPS) is 12.6. The van der Waals surface area contributed by atoms with Crippen molar-refractivity contribution in [2.24, 2.45) is 5.14 Å². The topological polar surface area (TPSA) is 80.5 Å². The lowest BCUT2D eigenvalue weighted by molar-refractivity contribution is -0.131. The Balaban J connectivity index is 1.99. The molecule has 0 fully saturated rings. The fraction of sp³-hybridized carbons (Fsp3) is 0.278. The van der Waals surface area contributed by atoms with Gasteiger partial charge in [-0.3, -0.25) is 4.79 Å². The molecule has 0 bridgehead atoms. The van der Waals surface area contributed by atoms with Crippen molar-refractivity contribution in [1.29, 1.82) is 0 Å². The first kappa shape index (κ1) is 19.4. The third-order valence-corrected chi connectivity index (χ3v) is 5.39. The van der Waals surface area contributed by atoms with Gasteiger partial charge in [0.1, 0.15) is 0 Å². The van der Waals surface area contributed by atoms with E-state index in [9.17, 15) is 13.2 Å². The van der Waals surface area contributed by atoms with Crippen molar-refractivity contribution in [2.45, 2.75) is 30.7 Å². The van der Waals surface area contributed by atoms with E-state index in [1.165, 1.54) is 12.1 Å². The van der Waals surface area contributed by atoms with E-state index in [1.807, 2.05) is 19.1 Å². The van der Waals surface area contributed by atoms with Crippen LogP contribution in [0.4, 0.5) is 0 Å². The van der Waals surface area contributed by atoms with Crippen LogP contribution < -0.4 is 5.14 Å². The summed E-state index contributed by atoms with van der Waals surface area (Å²) in [5.41, 5.74) is 1.89. The summed E-state index contributed by atoms with van der Waals surface area (Å²) in [6.07, 6.45) is 1.02. The van der Waals surface area contributed by atoms with Gasteiger partial charge >= 0.3 is 0 Å². The van der Waals surface area contributed by atoms with Gasteiger partial charge in [0.05, 0.1) is 10.9 Å². The molecule has 7 heteroatoms. The molecule has 1 amide bonds. The van der Waals surface area contributed by atoms with Crippen LogP contribution in [0.15, 0.2) is 53.4 Å². The number of hydrogen-bond donors (Lipinski definition) is 1. The van der Waals surface area contributed by atoms with Gasteiger partial charge in [-0.25, -0.2) is 13.6 Å². The van der Waals surface area contributed by atoms with Gasteiger partial charge in [-0.15, -0.1) is 0 Å². The van der Waals surface area contributed by atoms with Crippen LogP contribution in [0.2, 0.25) is 5.02 Å². The summed E-state index contributed by atoms with van der Waals surface area (Å²) in [6, 6.07) is 13.5. The number of nitrogens with two attached hydrogens (primary N) is 1. The number of benzene rings is 2. The van der Waals surface area contributed by atoms with Crippen molar-refractivity contribution < 1.29 is 13.2 Å². The van der Waals surface area contributed by atoms with Crippen molar-refractivity contribution in [3.8, 4) is 0 Å². The summed E-state index contributed by atoms with van der Waals surface area (Å²) >= 11 is 5.85. The summed E-state index contributed by atoms with van der Waals surface area (Å²) in [6.45, 7) is 1.89. The van der Waals surface area contributed by atoms with Crippen LogP contribution >= 0.6 is 11.6 Å². The lowest BCUT2D eigenvalue weighted by Crippen LogP contribution is -2.29. The molecule has 0 heterocycles. The number of aryl methyl sites for hydroxylation is 1. The first-order valence-electron chi connectivity index (χ1n) is 7.81. The van der Waals surface area contributed by atoms with Crippen LogP contribution in [0, 0.1) is 0 Å². The predicted octanol–water partition coefficient (Wildman–Crippen LogP) is 3.14. The number of nitrogens with zero attached hydrogens (tertiary/aromatic N) is 1. The SMILES string of the molecule is CC(c1ccc(S(N)(=O)=O)cc1)N(C)C(=O)CCc1ccc(Cl)cc1. The molecule has 2 rings (SSSR count). The van der Waals surface area contributed by atoms with Gasteiger partial charge in [0, 0.05) is 18.5 Å². The van der Waals surface area contributed by atoms with Crippen molar-refractivity contribution in [2.75, 3.05) is 7.05 Å². The predicted molar refractivity (Wildman–Crippen MR) is 98.8 cm³/mol. The number of carbonyl (C=O) groups is 1. The molecule has 25 heavy (non-hydrogen) atoms. The van der Waals surface area contributed by atoms with E-state index in [0.29, 0.717) is 17.9 Å². The van der Waals surface area contributed by atoms with Crippen LogP contribution in [0.1, 0.15) is 30.5 Å². The molecule has 134 valence electrons. The van der Waals surface area contributed by atoms with Crippen molar-refractivity contribution in [3.63, 3.8) is 0 Å². The van der Waals surface area contributed by atoms with Crippen LogP contribution in [0.3, 0.4) is 0 Å². The van der Waals surface area contributed by atoms with Crippen LogP contribution in [-0.4, -0.2) is 26.3 Å². The van der Waals surface area contributed by atoms with Crippen molar-refractivity contribution in [1.82, 2.24) is 4.90 Å². The Morgan fingerprint density at radius 3 is 2.20 bits per heavy atom. The molecule has 2 aromatic carbocycles. The Hall–Kier alpha value is -1.89. The van der Waals surface area contributed by atoms with Crippen LogP contribution in [-0.2, 0) is 21.2 Å². The van der Waals surface area contributed by atoms with Gasteiger partial charge in [-0.05, 0) is 48.7 Å². The number of rotatable bonds is 6. The second-order valence-electron chi connectivity index (χ2n) is 5.92. The molecule has 0 aromatic heterocycles. The molecule has 2 aromatic rings. The maximum Gasteiger partial charge on any atom is 0.238 e. The lowest BCUT2D eigenvalue weighted by atomic mass is 10.1. The highest BCUT2D eigenvalue weighted by Gasteiger charge is 2.18. The van der Waals surface area contributed by atoms with E-state index in [1.54, 1.807) is 36.2 Å². The third-order valence-electron chi connectivity index (χ3n) is 4.21. The van der Waals surface area contributed by atoms with E-state index < -0.39 is 10.0 Å². The highest BCUT2D eigenvalue weighted by Crippen LogP contribution is 2.21. The molecule has 1 unspecified atom stereocenters. The number of primary sulfonamides is 1. The first-order chi connectivity index (χ1) is 11.7. The fourth-order valence-electron chi connectivity index (χ4n) is 2.45. The fourth-order valence-corrected chi connectivity index (χ4v) is 3.10. The maximum absolute atomic E-state index is 12.4. The standard InChI is InChI=1S/C18H21ClN2O3S/c1-13(15-6-10-17(11-7-15)25(20,23)24)21(2)18(22)12-5-14-3-8-16(19)9-4-14/h3-4,6-11,13H,5,12H2,1-2H3,(H2,20,23,24). The average Bonchev–Trinajstić information content (AvgIpc) is 2.59. The summed E-state index contributed by atoms with van der Waals surface area (Å²) in [7, 11) is -1.98. The van der Waals surface area contributed by atoms with Crippen molar-refractivity contribution in [3.05, 3.63) is 64.7 Å². The molecule has 0 saturated heterocycles. The summed E-state index contributed by atoms with van der Waals surface area (Å²) < 4.78 is 22.6. The molecular weight excluding hydrogens is 360 g/mol. The molecule has 0 aliphatic heterocycles. The monoisotopic (exact) mass is 380 g/mol. The zero-order chi connectivity index (χ0) is 18.6. The van der Waals surface area contributed by atoms with Gasteiger partial charge in [0.2, 0.25) is 15.9 Å². The highest BCUT2D eigenvalue weighted by atomic mass is 35.5. The molecule has 0 saturated carbocycles. The van der Waals surface area contributed by atoms with Crippen LogP contribution in [0.25, 0.3) is 0 Å². The number of sulfonamides is 1. The van der Waals surface area contributed by atoms with Gasteiger partial charge in [-0.1, -0.05) is 35.9 Å². The number of hydrogen-bond acceptors (Lipinski definition) is 3. The van der Waals surface area contributed by atoms with Crippen molar-refractivity contribution >= 4 is 27.5 Å². The summed E-state index contributed by atoms with van der Waals surface area (Å²) in [4.78, 5) is 14.1. The molecule has 5 nitrogen and oxygen atoms in total. The smallest absolute Gasteiger partial charge is 0.238 e. The molecule has 1 atom stereocenters. The number of amides is 1. The molecule has 0 aliphatic carbocycles. The van der Waals surface area contributed by atoms with E-state index in [-0.39, 0.29) is 16.8 Å². The molecular formula is C18H21ClN2O3S. The molecule has 0 aliphatic rings. The van der Waals surface area contributed by atoms with Gasteiger partial charge < -0.3 is 4.90 Å². The average molecular weight is 381 g/mol. The largest absolute Gasteiger partial charge is 0.339 e. The Morgan fingerprint density at radius 1 is 1.12 bits per heavy atom. The van der Waals surface area contributed by atoms with Crippen LogP contribution in [0.5, 0.6) is 0 Å². The Kier molecular flexibility index (Phi) is 6.21. The van der Waals surface area contributed by atoms with E-state index >= 15 is 0 Å². The Morgan fingerprint density at radius 2 is 1.68 bits per heavy atom. The van der Waals surface area contributed by atoms with Gasteiger partial charge in [0.15, 0.2) is 0 Å². The Labute approximate surface area is 153 Å². The zero-order valence-electron chi connectivity index (χ0n) is 14.1. The van der Waals surface area contributed by atoms with Gasteiger partial charge in [0.25, 0.3) is 0 Å². The zero-order valence-corrected chi connectivity index (χ0v) is 15.7. The molecule has 0 radical (unpaired) electrons. The molecule has 0 spiro atoms. The first-order valence-corrected chi connectivity index (χ1v) is 9.74. The van der Waals surface area contributed by atoms with E-state index in [4.69, 9.17) is 16.7 Å². The second-order valence-corrected chi connectivity index (χ2v) is 7.92. The van der Waals surface area contributed by atoms with E-state index in [0.717, 1.165) is 11.1 Å². The van der Waals surface area contributed by atoms with E-state index in [2.05, 4.69) is 0 Å². The molecule has 2 N–H and O–H groups in total. The quantitative estimate of drug-likeness (QED) is 0.835. The summed E-state index contributed by atoms with van der Waals surface area (Å²) in [5.74, 6) is 0.0120. The maximum atomic E-state index is 12.4. The minimum Gasteiger partial charge on any atom is -0.339 e. The number of carbonyl (C=O) groups excluding carboxylic acids is 1. The van der Waals surface area contributed by atoms with Gasteiger partial charge in [-0.2, -0.15) is 0 Å². The lowest BCUT2D eigenvalue weighted by Gasteiger charge is -2.25.